The van der Waals surface area contributed by atoms with Gasteiger partial charge in [0, 0.05) is 23.7 Å². The SMILES string of the molecule is CCCCc1cn(-c2c(C(C)(C)C)cccc2C(C)(C)C)c(=O)n1Cc1ccc(-c2cccnc2-c2nn[nH]n2)cc1. The van der Waals surface area contributed by atoms with Crippen molar-refractivity contribution in [3.8, 4) is 28.3 Å². The molecule has 8 heteroatoms. The lowest BCUT2D eigenvalue weighted by atomic mass is 9.78. The summed E-state index contributed by atoms with van der Waals surface area (Å²) in [7, 11) is 0. The first-order valence-corrected chi connectivity index (χ1v) is 14.7. The van der Waals surface area contributed by atoms with Crippen LogP contribution in [0, 0.1) is 0 Å². The van der Waals surface area contributed by atoms with Gasteiger partial charge in [-0.2, -0.15) is 5.21 Å². The number of nitrogens with zero attached hydrogens (tertiary/aromatic N) is 6. The number of hydrogen-bond donors (Lipinski definition) is 1. The highest BCUT2D eigenvalue weighted by Crippen LogP contribution is 2.36. The number of rotatable bonds is 8. The predicted octanol–water partition coefficient (Wildman–Crippen LogP) is 6.87. The summed E-state index contributed by atoms with van der Waals surface area (Å²) in [6, 6.07) is 18.7. The van der Waals surface area contributed by atoms with E-state index in [0.717, 1.165) is 47.3 Å². The van der Waals surface area contributed by atoms with Crippen molar-refractivity contribution in [2.45, 2.75) is 85.1 Å². The number of aryl methyl sites for hydroxylation is 1. The van der Waals surface area contributed by atoms with Crippen LogP contribution in [0.15, 0.2) is 71.8 Å². The Morgan fingerprint density at radius 1 is 0.881 bits per heavy atom. The van der Waals surface area contributed by atoms with Crippen LogP contribution < -0.4 is 5.69 Å². The van der Waals surface area contributed by atoms with E-state index in [4.69, 9.17) is 0 Å². The number of aromatic amines is 1. The number of pyridine rings is 1. The second kappa shape index (κ2) is 11.5. The molecule has 8 nitrogen and oxygen atoms in total. The molecule has 3 aromatic heterocycles. The van der Waals surface area contributed by atoms with Crippen LogP contribution in [0.5, 0.6) is 0 Å². The standard InChI is InChI=1S/C34H41N7O/c1-8-9-12-25-22-41(30-27(33(2,3)4)14-10-15-28(30)34(5,6)7)32(42)40(25)21-23-16-18-24(19-17-23)26-13-11-20-35-29(26)31-36-38-39-37-31/h10-11,13-20,22H,8-9,12,21H2,1-7H3,(H,36,37,38,39). The number of imidazole rings is 1. The fourth-order valence-electron chi connectivity index (χ4n) is 5.48. The van der Waals surface area contributed by atoms with Crippen molar-refractivity contribution >= 4 is 0 Å². The summed E-state index contributed by atoms with van der Waals surface area (Å²) in [4.78, 5) is 18.8. The maximum absolute atomic E-state index is 14.3. The molecule has 0 spiro atoms. The van der Waals surface area contributed by atoms with E-state index in [0.29, 0.717) is 18.1 Å². The van der Waals surface area contributed by atoms with Gasteiger partial charge in [-0.05, 0) is 57.2 Å². The molecule has 5 aromatic rings. The van der Waals surface area contributed by atoms with Crippen molar-refractivity contribution in [1.29, 1.82) is 0 Å². The Morgan fingerprint density at radius 2 is 1.57 bits per heavy atom. The van der Waals surface area contributed by atoms with Gasteiger partial charge in [-0.1, -0.05) is 103 Å². The third-order valence-electron chi connectivity index (χ3n) is 7.71. The molecule has 0 fully saturated rings. The zero-order valence-corrected chi connectivity index (χ0v) is 25.8. The summed E-state index contributed by atoms with van der Waals surface area (Å²) in [5.41, 5.74) is 7.82. The normalized spacial score (nSPS) is 12.2. The Morgan fingerprint density at radius 3 is 2.17 bits per heavy atom. The molecule has 0 aliphatic carbocycles. The van der Waals surface area contributed by atoms with Crippen LogP contribution in [0.2, 0.25) is 0 Å². The number of aromatic nitrogens is 7. The monoisotopic (exact) mass is 563 g/mol. The lowest BCUT2D eigenvalue weighted by molar-refractivity contribution is 0.559. The predicted molar refractivity (Wildman–Crippen MR) is 168 cm³/mol. The van der Waals surface area contributed by atoms with Crippen LogP contribution in [0.1, 0.15) is 83.7 Å². The van der Waals surface area contributed by atoms with Gasteiger partial charge in [-0.3, -0.25) is 14.1 Å². The molecular formula is C34H41N7O. The number of unbranched alkanes of at least 4 members (excludes halogenated alkanes) is 1. The quantitative estimate of drug-likeness (QED) is 0.222. The lowest BCUT2D eigenvalue weighted by Gasteiger charge is -2.29. The van der Waals surface area contributed by atoms with Gasteiger partial charge in [-0.25, -0.2) is 4.79 Å². The van der Waals surface area contributed by atoms with Crippen LogP contribution in [-0.4, -0.2) is 34.7 Å². The Kier molecular flexibility index (Phi) is 7.99. The highest BCUT2D eigenvalue weighted by atomic mass is 16.1. The van der Waals surface area contributed by atoms with Crippen LogP contribution in [-0.2, 0) is 23.8 Å². The maximum Gasteiger partial charge on any atom is 0.333 e. The number of H-pyrrole nitrogens is 1. The maximum atomic E-state index is 14.3. The van der Waals surface area contributed by atoms with Crippen LogP contribution in [0.4, 0.5) is 0 Å². The summed E-state index contributed by atoms with van der Waals surface area (Å²) < 4.78 is 3.86. The molecular weight excluding hydrogens is 522 g/mol. The topological polar surface area (TPSA) is 94.3 Å². The minimum Gasteiger partial charge on any atom is -0.292 e. The van der Waals surface area contributed by atoms with E-state index in [1.54, 1.807) is 6.20 Å². The lowest BCUT2D eigenvalue weighted by Crippen LogP contribution is -2.29. The van der Waals surface area contributed by atoms with Gasteiger partial charge < -0.3 is 0 Å². The second-order valence-electron chi connectivity index (χ2n) is 13.0. The summed E-state index contributed by atoms with van der Waals surface area (Å²) in [6.45, 7) is 16.0. The summed E-state index contributed by atoms with van der Waals surface area (Å²) in [5, 5.41) is 14.4. The van der Waals surface area contributed by atoms with E-state index in [1.165, 1.54) is 11.1 Å². The fraction of sp³-hybridized carbons (Fsp3) is 0.382. The number of benzene rings is 2. The van der Waals surface area contributed by atoms with Crippen molar-refractivity contribution in [1.82, 2.24) is 34.7 Å². The molecule has 3 heterocycles. The summed E-state index contributed by atoms with van der Waals surface area (Å²) in [5.74, 6) is 0.452. The molecule has 5 rings (SSSR count). The van der Waals surface area contributed by atoms with Gasteiger partial charge in [0.05, 0.1) is 12.2 Å². The average Bonchev–Trinajstić information content (AvgIpc) is 3.60. The van der Waals surface area contributed by atoms with Gasteiger partial charge >= 0.3 is 5.69 Å². The molecule has 0 bridgehead atoms. The first kappa shape index (κ1) is 29.2. The van der Waals surface area contributed by atoms with Crippen LogP contribution >= 0.6 is 0 Å². The molecule has 0 saturated heterocycles. The number of para-hydroxylation sites is 1. The first-order chi connectivity index (χ1) is 20.0. The minimum absolute atomic E-state index is 0.000897. The smallest absolute Gasteiger partial charge is 0.292 e. The van der Waals surface area contributed by atoms with E-state index in [1.807, 2.05) is 21.3 Å². The second-order valence-corrected chi connectivity index (χ2v) is 13.0. The molecule has 0 saturated carbocycles. The summed E-state index contributed by atoms with van der Waals surface area (Å²) in [6.07, 6.45) is 6.74. The van der Waals surface area contributed by atoms with Gasteiger partial charge in [0.25, 0.3) is 0 Å². The minimum atomic E-state index is -0.121. The zero-order chi connectivity index (χ0) is 30.1. The van der Waals surface area contributed by atoms with Crippen molar-refractivity contribution in [3.63, 3.8) is 0 Å². The third-order valence-corrected chi connectivity index (χ3v) is 7.71. The molecule has 0 aliphatic heterocycles. The largest absolute Gasteiger partial charge is 0.333 e. The summed E-state index contributed by atoms with van der Waals surface area (Å²) >= 11 is 0. The number of nitrogens with one attached hydrogen (secondary N) is 1. The van der Waals surface area contributed by atoms with E-state index in [2.05, 4.69) is 123 Å². The van der Waals surface area contributed by atoms with Crippen molar-refractivity contribution in [2.75, 3.05) is 0 Å². The van der Waals surface area contributed by atoms with Gasteiger partial charge in [0.15, 0.2) is 0 Å². The van der Waals surface area contributed by atoms with E-state index >= 15 is 0 Å². The molecule has 0 atom stereocenters. The van der Waals surface area contributed by atoms with E-state index in [-0.39, 0.29) is 16.5 Å². The van der Waals surface area contributed by atoms with Crippen molar-refractivity contribution in [2.24, 2.45) is 0 Å². The highest BCUT2D eigenvalue weighted by molar-refractivity contribution is 5.77. The number of hydrogen-bond acceptors (Lipinski definition) is 5. The molecule has 2 aromatic carbocycles. The van der Waals surface area contributed by atoms with Gasteiger partial charge in [0.1, 0.15) is 5.69 Å². The van der Waals surface area contributed by atoms with Crippen LogP contribution in [0.3, 0.4) is 0 Å². The average molecular weight is 564 g/mol. The molecule has 0 aliphatic rings. The third kappa shape index (κ3) is 5.84. The highest BCUT2D eigenvalue weighted by Gasteiger charge is 2.28. The Balaban J connectivity index is 1.57. The molecule has 0 unspecified atom stereocenters. The first-order valence-electron chi connectivity index (χ1n) is 14.7. The number of tetrazole rings is 1. The molecule has 0 radical (unpaired) electrons. The van der Waals surface area contributed by atoms with E-state index < -0.39 is 0 Å². The Hall–Kier alpha value is -4.33. The molecule has 0 amide bonds. The van der Waals surface area contributed by atoms with Crippen molar-refractivity contribution in [3.05, 3.63) is 99.9 Å². The van der Waals surface area contributed by atoms with Gasteiger partial charge in [-0.15, -0.1) is 10.2 Å². The Bertz CT molecular complexity index is 1680. The van der Waals surface area contributed by atoms with Gasteiger partial charge in [0.2, 0.25) is 5.82 Å². The zero-order valence-electron chi connectivity index (χ0n) is 25.8. The molecule has 218 valence electrons. The molecule has 1 N–H and O–H groups in total. The van der Waals surface area contributed by atoms with Crippen molar-refractivity contribution < 1.29 is 0 Å². The molecule has 42 heavy (non-hydrogen) atoms. The van der Waals surface area contributed by atoms with E-state index in [9.17, 15) is 4.79 Å². The Labute approximate surface area is 247 Å². The van der Waals surface area contributed by atoms with Crippen LogP contribution in [0.25, 0.3) is 28.3 Å². The fourth-order valence-corrected chi connectivity index (χ4v) is 5.48.